The minimum absolute atomic E-state index is 0.115. The van der Waals surface area contributed by atoms with Crippen molar-refractivity contribution < 1.29 is 0 Å². The van der Waals surface area contributed by atoms with Crippen LogP contribution in [0.1, 0.15) is 12.8 Å². The topological polar surface area (TPSA) is 69.5 Å². The molecule has 2 aromatic heterocycles. The summed E-state index contributed by atoms with van der Waals surface area (Å²) in [5.41, 5.74) is 4.12. The fourth-order valence-electron chi connectivity index (χ4n) is 3.00. The largest absolute Gasteiger partial charge is 0.301 e. The molecule has 0 amide bonds. The Hall–Kier alpha value is -2.88. The van der Waals surface area contributed by atoms with Gasteiger partial charge in [0.2, 0.25) is 0 Å². The summed E-state index contributed by atoms with van der Waals surface area (Å²) in [6.45, 7) is 0. The standard InChI is InChI=1S/C22H17N3OS2/c23-12-4-5-13-27-22-24-20(26)19-18(14-28-21(19)25-22)17-10-8-16(9-11-17)15-6-2-1-3-7-15/h1-3,6-11,14H,4-5,13H2,(H,24,25,26). The number of fused-ring (bicyclic) bond motifs is 1. The van der Waals surface area contributed by atoms with Gasteiger partial charge in [-0.1, -0.05) is 66.4 Å². The van der Waals surface area contributed by atoms with Crippen molar-refractivity contribution in [2.24, 2.45) is 0 Å². The van der Waals surface area contributed by atoms with Crippen LogP contribution < -0.4 is 5.56 Å². The molecular formula is C22H17N3OS2. The number of nitriles is 1. The quantitative estimate of drug-likeness (QED) is 0.254. The van der Waals surface area contributed by atoms with Crippen molar-refractivity contribution in [1.82, 2.24) is 9.97 Å². The number of benzene rings is 2. The van der Waals surface area contributed by atoms with Crippen LogP contribution in [0, 0.1) is 11.3 Å². The first-order chi connectivity index (χ1) is 13.8. The molecule has 0 saturated carbocycles. The van der Waals surface area contributed by atoms with Gasteiger partial charge < -0.3 is 4.98 Å². The molecule has 4 aromatic rings. The minimum Gasteiger partial charge on any atom is -0.301 e. The van der Waals surface area contributed by atoms with E-state index in [2.05, 4.69) is 40.3 Å². The van der Waals surface area contributed by atoms with Gasteiger partial charge in [0.05, 0.1) is 11.5 Å². The molecule has 138 valence electrons. The first-order valence-corrected chi connectivity index (χ1v) is 10.8. The van der Waals surface area contributed by atoms with Crippen LogP contribution in [0.4, 0.5) is 0 Å². The van der Waals surface area contributed by atoms with Crippen molar-refractivity contribution in [3.8, 4) is 28.3 Å². The molecule has 0 saturated heterocycles. The van der Waals surface area contributed by atoms with Crippen molar-refractivity contribution in [3.05, 3.63) is 70.3 Å². The van der Waals surface area contributed by atoms with Crippen molar-refractivity contribution in [3.63, 3.8) is 0 Å². The summed E-state index contributed by atoms with van der Waals surface area (Å²) in [7, 11) is 0. The van der Waals surface area contributed by atoms with E-state index >= 15 is 0 Å². The lowest BCUT2D eigenvalue weighted by atomic mass is 10.0. The molecule has 0 radical (unpaired) electrons. The molecule has 4 nitrogen and oxygen atoms in total. The Bertz CT molecular complexity index is 1190. The minimum atomic E-state index is -0.115. The molecule has 0 bridgehead atoms. The third kappa shape index (κ3) is 3.86. The van der Waals surface area contributed by atoms with E-state index in [4.69, 9.17) is 5.26 Å². The zero-order chi connectivity index (χ0) is 19.3. The third-order valence-electron chi connectivity index (χ3n) is 4.40. The molecule has 0 aliphatic heterocycles. The van der Waals surface area contributed by atoms with Crippen LogP contribution >= 0.6 is 23.1 Å². The van der Waals surface area contributed by atoms with Gasteiger partial charge in [0.1, 0.15) is 4.83 Å². The summed E-state index contributed by atoms with van der Waals surface area (Å²) in [5, 5.41) is 11.9. The van der Waals surface area contributed by atoms with E-state index in [1.54, 1.807) is 0 Å². The van der Waals surface area contributed by atoms with E-state index < -0.39 is 0 Å². The molecule has 0 aliphatic carbocycles. The predicted molar refractivity (Wildman–Crippen MR) is 117 cm³/mol. The molecule has 0 aliphatic rings. The van der Waals surface area contributed by atoms with E-state index in [-0.39, 0.29) is 5.56 Å². The third-order valence-corrected chi connectivity index (χ3v) is 6.23. The number of unbranched alkanes of at least 4 members (excludes halogenated alkanes) is 1. The maximum Gasteiger partial charge on any atom is 0.260 e. The van der Waals surface area contributed by atoms with Gasteiger partial charge in [-0.2, -0.15) is 5.26 Å². The van der Waals surface area contributed by atoms with Gasteiger partial charge in [-0.3, -0.25) is 4.79 Å². The number of hydrogen-bond donors (Lipinski definition) is 1. The lowest BCUT2D eigenvalue weighted by Crippen LogP contribution is -2.08. The van der Waals surface area contributed by atoms with Gasteiger partial charge in [-0.05, 0) is 23.1 Å². The van der Waals surface area contributed by atoms with E-state index in [1.807, 2.05) is 35.7 Å². The second-order valence-corrected chi connectivity index (χ2v) is 8.20. The number of aromatic nitrogens is 2. The van der Waals surface area contributed by atoms with Crippen LogP contribution in [0.25, 0.3) is 32.5 Å². The summed E-state index contributed by atoms with van der Waals surface area (Å²) < 4.78 is 0. The van der Waals surface area contributed by atoms with Gasteiger partial charge in [0.15, 0.2) is 5.16 Å². The first-order valence-electron chi connectivity index (χ1n) is 8.93. The number of aromatic amines is 1. The number of H-pyrrole nitrogens is 1. The van der Waals surface area contributed by atoms with Gasteiger partial charge in [0, 0.05) is 23.1 Å². The predicted octanol–water partition coefficient (Wildman–Crippen LogP) is 5.71. The van der Waals surface area contributed by atoms with Crippen LogP contribution in [0.15, 0.2) is 69.9 Å². The number of nitrogens with one attached hydrogen (secondary N) is 1. The highest BCUT2D eigenvalue weighted by molar-refractivity contribution is 7.99. The van der Waals surface area contributed by atoms with Crippen LogP contribution in [-0.4, -0.2) is 15.7 Å². The Morgan fingerprint density at radius 2 is 1.75 bits per heavy atom. The lowest BCUT2D eigenvalue weighted by molar-refractivity contribution is 0.951. The fraction of sp³-hybridized carbons (Fsp3) is 0.136. The summed E-state index contributed by atoms with van der Waals surface area (Å²) in [6.07, 6.45) is 1.30. The Labute approximate surface area is 170 Å². The Morgan fingerprint density at radius 3 is 2.50 bits per heavy atom. The van der Waals surface area contributed by atoms with Gasteiger partial charge in [0.25, 0.3) is 5.56 Å². The summed E-state index contributed by atoms with van der Waals surface area (Å²) >= 11 is 2.97. The lowest BCUT2D eigenvalue weighted by Gasteiger charge is -2.04. The van der Waals surface area contributed by atoms with Crippen molar-refractivity contribution in [2.45, 2.75) is 18.0 Å². The van der Waals surface area contributed by atoms with Gasteiger partial charge in [-0.25, -0.2) is 4.98 Å². The Kier molecular flexibility index (Phi) is 5.56. The molecule has 2 heterocycles. The molecule has 1 N–H and O–H groups in total. The first kappa shape index (κ1) is 18.5. The maximum atomic E-state index is 12.7. The Balaban J connectivity index is 1.63. The number of nitrogens with zero attached hydrogens (tertiary/aromatic N) is 2. The summed E-state index contributed by atoms with van der Waals surface area (Å²) in [4.78, 5) is 20.9. The zero-order valence-electron chi connectivity index (χ0n) is 15.0. The number of thioether (sulfide) groups is 1. The average Bonchev–Trinajstić information content (AvgIpc) is 3.17. The average molecular weight is 404 g/mol. The summed E-state index contributed by atoms with van der Waals surface area (Å²) in [5.74, 6) is 0.765. The maximum absolute atomic E-state index is 12.7. The van der Waals surface area contributed by atoms with Gasteiger partial charge in [-0.15, -0.1) is 11.3 Å². The highest BCUT2D eigenvalue weighted by Crippen LogP contribution is 2.32. The van der Waals surface area contributed by atoms with E-state index in [0.717, 1.165) is 33.7 Å². The molecule has 0 unspecified atom stereocenters. The van der Waals surface area contributed by atoms with Crippen LogP contribution in [-0.2, 0) is 0 Å². The number of thiophene rings is 1. The molecule has 28 heavy (non-hydrogen) atoms. The van der Waals surface area contributed by atoms with E-state index in [0.29, 0.717) is 17.0 Å². The normalized spacial score (nSPS) is 10.8. The highest BCUT2D eigenvalue weighted by atomic mass is 32.2. The molecule has 0 spiro atoms. The monoisotopic (exact) mass is 403 g/mol. The van der Waals surface area contributed by atoms with Crippen LogP contribution in [0.5, 0.6) is 0 Å². The molecule has 0 atom stereocenters. The smallest absolute Gasteiger partial charge is 0.260 e. The van der Waals surface area contributed by atoms with Gasteiger partial charge >= 0.3 is 0 Å². The second-order valence-electron chi connectivity index (χ2n) is 6.25. The molecular weight excluding hydrogens is 386 g/mol. The molecule has 4 rings (SSSR count). The second kappa shape index (κ2) is 8.42. The number of hydrogen-bond acceptors (Lipinski definition) is 5. The van der Waals surface area contributed by atoms with Crippen molar-refractivity contribution in [1.29, 1.82) is 5.26 Å². The summed E-state index contributed by atoms with van der Waals surface area (Å²) in [6, 6.07) is 20.6. The number of rotatable bonds is 6. The zero-order valence-corrected chi connectivity index (χ0v) is 16.6. The van der Waals surface area contributed by atoms with E-state index in [1.165, 1.54) is 28.7 Å². The fourth-order valence-corrected chi connectivity index (χ4v) is 4.81. The Morgan fingerprint density at radius 1 is 1.04 bits per heavy atom. The molecule has 2 aromatic carbocycles. The SMILES string of the molecule is N#CCCCSc1nc2scc(-c3ccc(-c4ccccc4)cc3)c2c(=O)[nH]1. The molecule has 0 fully saturated rings. The van der Waals surface area contributed by atoms with E-state index in [9.17, 15) is 4.79 Å². The van der Waals surface area contributed by atoms with Crippen molar-refractivity contribution >= 4 is 33.3 Å². The van der Waals surface area contributed by atoms with Crippen LogP contribution in [0.2, 0.25) is 0 Å². The molecule has 6 heteroatoms. The van der Waals surface area contributed by atoms with Crippen molar-refractivity contribution in [2.75, 3.05) is 5.75 Å². The highest BCUT2D eigenvalue weighted by Gasteiger charge is 2.13. The van der Waals surface area contributed by atoms with Crippen LogP contribution in [0.3, 0.4) is 0 Å².